The number of benzene rings is 2. The Kier molecular flexibility index (Phi) is 6.75. The molecule has 1 saturated carbocycles. The van der Waals surface area contributed by atoms with Crippen molar-refractivity contribution in [2.24, 2.45) is 0 Å². The highest BCUT2D eigenvalue weighted by Gasteiger charge is 2.42. The first-order valence-corrected chi connectivity index (χ1v) is 9.82. The molecule has 0 saturated heterocycles. The molecule has 0 aliphatic heterocycles. The van der Waals surface area contributed by atoms with Crippen LogP contribution in [0.25, 0.3) is 0 Å². The number of nitrogens with one attached hydrogen (secondary N) is 1. The van der Waals surface area contributed by atoms with Gasteiger partial charge in [-0.1, -0.05) is 49.1 Å². The van der Waals surface area contributed by atoms with E-state index in [-0.39, 0.29) is 5.91 Å². The molecule has 2 aromatic rings. The lowest BCUT2D eigenvalue weighted by atomic mass is 9.68. The van der Waals surface area contributed by atoms with Gasteiger partial charge in [-0.15, -0.1) is 0 Å². The van der Waals surface area contributed by atoms with Crippen LogP contribution in [-0.2, 0) is 14.9 Å². The lowest BCUT2D eigenvalue weighted by molar-refractivity contribution is -0.122. The van der Waals surface area contributed by atoms with Gasteiger partial charge in [0.05, 0.1) is 12.0 Å². The Balaban J connectivity index is 1.76. The van der Waals surface area contributed by atoms with Crippen molar-refractivity contribution < 1.29 is 14.3 Å². The van der Waals surface area contributed by atoms with E-state index in [1.807, 2.05) is 48.5 Å². The van der Waals surface area contributed by atoms with Crippen LogP contribution in [0.3, 0.4) is 0 Å². The number of carbonyl (C=O) groups is 1. The topological polar surface area (TPSA) is 47.6 Å². The molecule has 5 heteroatoms. The molecule has 2 aromatic carbocycles. The molecule has 27 heavy (non-hydrogen) atoms. The standard InChI is InChI=1S/C22H26ClNO3/c1-26-15-16-27-18-11-9-17(10-12-18)24-21(25)22(13-5-2-6-14-22)19-7-3-4-8-20(19)23/h3-4,7-12H,2,5-6,13-16H2,1H3,(H,24,25). The van der Waals surface area contributed by atoms with Crippen molar-refractivity contribution in [3.8, 4) is 5.75 Å². The Morgan fingerprint density at radius 2 is 1.74 bits per heavy atom. The smallest absolute Gasteiger partial charge is 0.235 e. The number of rotatable bonds is 7. The maximum absolute atomic E-state index is 13.3. The molecule has 0 bridgehead atoms. The average molecular weight is 388 g/mol. The molecule has 1 fully saturated rings. The van der Waals surface area contributed by atoms with Crippen LogP contribution < -0.4 is 10.1 Å². The van der Waals surface area contributed by atoms with E-state index in [1.54, 1.807) is 7.11 Å². The van der Waals surface area contributed by atoms with Crippen LogP contribution in [0.5, 0.6) is 5.75 Å². The summed E-state index contributed by atoms with van der Waals surface area (Å²) < 4.78 is 10.5. The Morgan fingerprint density at radius 3 is 2.41 bits per heavy atom. The average Bonchev–Trinajstić information content (AvgIpc) is 2.70. The van der Waals surface area contributed by atoms with E-state index in [0.29, 0.717) is 18.2 Å². The molecule has 1 aliphatic carbocycles. The van der Waals surface area contributed by atoms with Crippen molar-refractivity contribution in [2.75, 3.05) is 25.6 Å². The molecule has 3 rings (SSSR count). The first-order chi connectivity index (χ1) is 13.2. The molecule has 1 aliphatic rings. The quantitative estimate of drug-likeness (QED) is 0.663. The van der Waals surface area contributed by atoms with Crippen LogP contribution in [0.2, 0.25) is 5.02 Å². The van der Waals surface area contributed by atoms with Gasteiger partial charge >= 0.3 is 0 Å². The van der Waals surface area contributed by atoms with Crippen molar-refractivity contribution in [1.82, 2.24) is 0 Å². The van der Waals surface area contributed by atoms with Gasteiger partial charge in [0.2, 0.25) is 5.91 Å². The second-order valence-electron chi connectivity index (χ2n) is 6.94. The van der Waals surface area contributed by atoms with E-state index in [2.05, 4.69) is 5.32 Å². The van der Waals surface area contributed by atoms with Gasteiger partial charge < -0.3 is 14.8 Å². The summed E-state index contributed by atoms with van der Waals surface area (Å²) in [5, 5.41) is 3.76. The summed E-state index contributed by atoms with van der Waals surface area (Å²) in [5.41, 5.74) is 1.13. The van der Waals surface area contributed by atoms with Gasteiger partial charge in [0.15, 0.2) is 0 Å². The van der Waals surface area contributed by atoms with Gasteiger partial charge in [-0.05, 0) is 48.7 Å². The second kappa shape index (κ2) is 9.25. The zero-order valence-corrected chi connectivity index (χ0v) is 16.4. The third-order valence-electron chi connectivity index (χ3n) is 5.20. The summed E-state index contributed by atoms with van der Waals surface area (Å²) in [6.07, 6.45) is 4.87. The Hall–Kier alpha value is -2.04. The normalized spacial score (nSPS) is 15.9. The molecule has 4 nitrogen and oxygen atoms in total. The Bertz CT molecular complexity index is 754. The van der Waals surface area contributed by atoms with E-state index in [9.17, 15) is 4.79 Å². The van der Waals surface area contributed by atoms with E-state index < -0.39 is 5.41 Å². The highest BCUT2D eigenvalue weighted by Crippen LogP contribution is 2.43. The molecule has 0 atom stereocenters. The summed E-state index contributed by atoms with van der Waals surface area (Å²) in [5.74, 6) is 0.770. The highest BCUT2D eigenvalue weighted by atomic mass is 35.5. The first-order valence-electron chi connectivity index (χ1n) is 9.44. The maximum Gasteiger partial charge on any atom is 0.235 e. The van der Waals surface area contributed by atoms with E-state index in [1.165, 1.54) is 0 Å². The van der Waals surface area contributed by atoms with Crippen LogP contribution >= 0.6 is 11.6 Å². The maximum atomic E-state index is 13.3. The summed E-state index contributed by atoms with van der Waals surface area (Å²) >= 11 is 6.47. The second-order valence-corrected chi connectivity index (χ2v) is 7.35. The van der Waals surface area contributed by atoms with Crippen molar-refractivity contribution in [3.05, 3.63) is 59.1 Å². The van der Waals surface area contributed by atoms with Crippen molar-refractivity contribution in [2.45, 2.75) is 37.5 Å². The van der Waals surface area contributed by atoms with E-state index in [4.69, 9.17) is 21.1 Å². The zero-order valence-electron chi connectivity index (χ0n) is 15.7. The number of amides is 1. The Morgan fingerprint density at radius 1 is 1.04 bits per heavy atom. The molecule has 144 valence electrons. The summed E-state index contributed by atoms with van der Waals surface area (Å²) in [4.78, 5) is 13.3. The molecular formula is C22H26ClNO3. The SMILES string of the molecule is COCCOc1ccc(NC(=O)C2(c3ccccc3Cl)CCCCC2)cc1. The van der Waals surface area contributed by atoms with Crippen molar-refractivity contribution in [1.29, 1.82) is 0 Å². The molecule has 0 aromatic heterocycles. The molecule has 1 N–H and O–H groups in total. The largest absolute Gasteiger partial charge is 0.491 e. The number of methoxy groups -OCH3 is 1. The molecule has 1 amide bonds. The lowest BCUT2D eigenvalue weighted by Crippen LogP contribution is -2.42. The zero-order chi connectivity index (χ0) is 19.1. The number of carbonyl (C=O) groups excluding carboxylic acids is 1. The van der Waals surface area contributed by atoms with Gasteiger partial charge in [-0.2, -0.15) is 0 Å². The van der Waals surface area contributed by atoms with Crippen LogP contribution in [0, 0.1) is 0 Å². The number of ether oxygens (including phenoxy) is 2. The minimum atomic E-state index is -0.565. The molecular weight excluding hydrogens is 362 g/mol. The minimum absolute atomic E-state index is 0.0170. The van der Waals surface area contributed by atoms with Crippen LogP contribution in [0.1, 0.15) is 37.7 Å². The molecule has 0 unspecified atom stereocenters. The molecule has 0 spiro atoms. The predicted molar refractivity (Wildman–Crippen MR) is 109 cm³/mol. The molecule has 0 heterocycles. The monoisotopic (exact) mass is 387 g/mol. The molecule has 0 radical (unpaired) electrons. The third kappa shape index (κ3) is 4.63. The summed E-state index contributed by atoms with van der Waals surface area (Å²) in [6, 6.07) is 15.2. The summed E-state index contributed by atoms with van der Waals surface area (Å²) in [6.45, 7) is 1.04. The fraction of sp³-hybridized carbons (Fsp3) is 0.409. The fourth-order valence-electron chi connectivity index (χ4n) is 3.75. The van der Waals surface area contributed by atoms with Crippen LogP contribution in [-0.4, -0.2) is 26.2 Å². The van der Waals surface area contributed by atoms with Gasteiger partial charge in [-0.25, -0.2) is 0 Å². The minimum Gasteiger partial charge on any atom is -0.491 e. The van der Waals surface area contributed by atoms with E-state index in [0.717, 1.165) is 49.1 Å². The first kappa shape index (κ1) is 19.7. The Labute approximate surface area is 165 Å². The van der Waals surface area contributed by atoms with Gasteiger partial charge in [0.1, 0.15) is 12.4 Å². The number of halogens is 1. The number of hydrogen-bond acceptors (Lipinski definition) is 3. The summed E-state index contributed by atoms with van der Waals surface area (Å²) in [7, 11) is 1.64. The van der Waals surface area contributed by atoms with Gasteiger partial charge in [0.25, 0.3) is 0 Å². The van der Waals surface area contributed by atoms with Crippen LogP contribution in [0.15, 0.2) is 48.5 Å². The third-order valence-corrected chi connectivity index (χ3v) is 5.53. The number of anilines is 1. The predicted octanol–water partition coefficient (Wildman–Crippen LogP) is 5.21. The lowest BCUT2D eigenvalue weighted by Gasteiger charge is -2.37. The van der Waals surface area contributed by atoms with Crippen molar-refractivity contribution in [3.63, 3.8) is 0 Å². The van der Waals surface area contributed by atoms with E-state index >= 15 is 0 Å². The van der Waals surface area contributed by atoms with Crippen LogP contribution in [0.4, 0.5) is 5.69 Å². The van der Waals surface area contributed by atoms with Crippen molar-refractivity contribution >= 4 is 23.2 Å². The highest BCUT2D eigenvalue weighted by molar-refractivity contribution is 6.31. The number of hydrogen-bond donors (Lipinski definition) is 1. The fourth-order valence-corrected chi connectivity index (χ4v) is 4.07. The van der Waals surface area contributed by atoms with Gasteiger partial charge in [0, 0.05) is 17.8 Å². The van der Waals surface area contributed by atoms with Gasteiger partial charge in [-0.3, -0.25) is 4.79 Å².